The van der Waals surface area contributed by atoms with E-state index < -0.39 is 11.9 Å². The molecule has 29 heavy (non-hydrogen) atoms. The SMILES string of the molecule is C.Cc1nc2c(-c3c(C(F)(F)F)nn(C)c3C)cc(-c3c(C)noc3C)cc2[nH]1. The molecule has 0 radical (unpaired) electrons. The number of aromatic amines is 1. The van der Waals surface area contributed by atoms with Crippen molar-refractivity contribution >= 4 is 11.0 Å². The van der Waals surface area contributed by atoms with Crippen molar-refractivity contribution in [3.05, 3.63) is 40.8 Å². The number of rotatable bonds is 2. The predicted molar refractivity (Wildman–Crippen MR) is 104 cm³/mol. The minimum atomic E-state index is -4.59. The number of hydrogen-bond donors (Lipinski definition) is 1. The van der Waals surface area contributed by atoms with E-state index in [-0.39, 0.29) is 13.0 Å². The van der Waals surface area contributed by atoms with Crippen LogP contribution in [0.1, 0.15) is 36.1 Å². The third-order valence-corrected chi connectivity index (χ3v) is 4.90. The first-order valence-corrected chi connectivity index (χ1v) is 8.62. The number of H-pyrrole nitrogens is 1. The molecule has 0 aliphatic heterocycles. The van der Waals surface area contributed by atoms with Gasteiger partial charge in [0.2, 0.25) is 0 Å². The van der Waals surface area contributed by atoms with Gasteiger partial charge < -0.3 is 9.51 Å². The minimum absolute atomic E-state index is 0. The lowest BCUT2D eigenvalue weighted by Crippen LogP contribution is -2.08. The Bertz CT molecular complexity index is 1190. The highest BCUT2D eigenvalue weighted by Gasteiger charge is 2.39. The largest absolute Gasteiger partial charge is 0.435 e. The number of nitrogens with zero attached hydrogens (tertiary/aromatic N) is 4. The number of aryl methyl sites for hydroxylation is 4. The zero-order valence-corrected chi connectivity index (χ0v) is 16.0. The van der Waals surface area contributed by atoms with E-state index in [1.165, 1.54) is 11.7 Å². The Morgan fingerprint density at radius 1 is 1.07 bits per heavy atom. The third kappa shape index (κ3) is 3.20. The van der Waals surface area contributed by atoms with Crippen LogP contribution in [-0.2, 0) is 13.2 Å². The second-order valence-corrected chi connectivity index (χ2v) is 6.87. The molecule has 4 aromatic rings. The van der Waals surface area contributed by atoms with Crippen LogP contribution in [0.3, 0.4) is 0 Å². The lowest BCUT2D eigenvalue weighted by Gasteiger charge is -2.10. The molecule has 0 fully saturated rings. The number of nitrogens with one attached hydrogen (secondary N) is 1. The average molecular weight is 405 g/mol. The van der Waals surface area contributed by atoms with Crippen LogP contribution in [0, 0.1) is 27.7 Å². The van der Waals surface area contributed by atoms with Crippen molar-refractivity contribution < 1.29 is 17.7 Å². The fourth-order valence-electron chi connectivity index (χ4n) is 3.60. The van der Waals surface area contributed by atoms with Crippen molar-refractivity contribution in [1.82, 2.24) is 24.9 Å². The summed E-state index contributed by atoms with van der Waals surface area (Å²) in [6.07, 6.45) is -4.59. The first-order chi connectivity index (χ1) is 13.1. The smallest absolute Gasteiger partial charge is 0.361 e. The van der Waals surface area contributed by atoms with Gasteiger partial charge in [0.15, 0.2) is 5.69 Å². The van der Waals surface area contributed by atoms with Gasteiger partial charge in [-0.3, -0.25) is 4.68 Å². The summed E-state index contributed by atoms with van der Waals surface area (Å²) in [7, 11) is 1.50. The highest BCUT2D eigenvalue weighted by Crippen LogP contribution is 2.42. The molecule has 0 aliphatic rings. The summed E-state index contributed by atoms with van der Waals surface area (Å²) in [5.41, 5.74) is 3.11. The van der Waals surface area contributed by atoms with Crippen LogP contribution in [0.15, 0.2) is 16.7 Å². The average Bonchev–Trinajstić information content (AvgIpc) is 3.22. The van der Waals surface area contributed by atoms with E-state index in [1.54, 1.807) is 33.8 Å². The van der Waals surface area contributed by atoms with Crippen LogP contribution >= 0.6 is 0 Å². The molecule has 4 rings (SSSR count). The van der Waals surface area contributed by atoms with E-state index in [0.717, 1.165) is 5.56 Å². The first kappa shape index (κ1) is 20.6. The topological polar surface area (TPSA) is 72.5 Å². The molecule has 0 atom stereocenters. The fourth-order valence-corrected chi connectivity index (χ4v) is 3.60. The van der Waals surface area contributed by atoms with Crippen LogP contribution in [0.4, 0.5) is 13.2 Å². The number of benzene rings is 1. The number of fused-ring (bicyclic) bond motifs is 1. The van der Waals surface area contributed by atoms with Gasteiger partial charge in [-0.25, -0.2) is 4.98 Å². The molecule has 9 heteroatoms. The van der Waals surface area contributed by atoms with Gasteiger partial charge in [-0.2, -0.15) is 18.3 Å². The molecular formula is C20H22F3N5O. The molecule has 3 aromatic heterocycles. The summed E-state index contributed by atoms with van der Waals surface area (Å²) in [4.78, 5) is 7.56. The van der Waals surface area contributed by atoms with Gasteiger partial charge in [0.25, 0.3) is 0 Å². The lowest BCUT2D eigenvalue weighted by atomic mass is 9.95. The fraction of sp³-hybridized carbons (Fsp3) is 0.350. The van der Waals surface area contributed by atoms with E-state index in [2.05, 4.69) is 20.2 Å². The quantitative estimate of drug-likeness (QED) is 0.477. The number of hydrogen-bond acceptors (Lipinski definition) is 4. The Hall–Kier alpha value is -3.10. The van der Waals surface area contributed by atoms with Crippen LogP contribution in [0.25, 0.3) is 33.3 Å². The van der Waals surface area contributed by atoms with Crippen LogP contribution in [0.5, 0.6) is 0 Å². The Morgan fingerprint density at radius 3 is 2.34 bits per heavy atom. The number of halogens is 3. The van der Waals surface area contributed by atoms with Crippen molar-refractivity contribution in [3.8, 4) is 22.3 Å². The molecular weight excluding hydrogens is 383 g/mol. The van der Waals surface area contributed by atoms with Gasteiger partial charge in [0.1, 0.15) is 11.6 Å². The Labute approximate surface area is 165 Å². The molecule has 1 N–H and O–H groups in total. The van der Waals surface area contributed by atoms with Crippen molar-refractivity contribution in [2.45, 2.75) is 41.3 Å². The molecule has 0 unspecified atom stereocenters. The van der Waals surface area contributed by atoms with Gasteiger partial charge in [0.05, 0.1) is 16.7 Å². The van der Waals surface area contributed by atoms with Crippen LogP contribution in [0.2, 0.25) is 0 Å². The summed E-state index contributed by atoms with van der Waals surface area (Å²) >= 11 is 0. The molecule has 1 aromatic carbocycles. The molecule has 0 saturated carbocycles. The van der Waals surface area contributed by atoms with Crippen molar-refractivity contribution in [3.63, 3.8) is 0 Å². The van der Waals surface area contributed by atoms with Crippen molar-refractivity contribution in [2.24, 2.45) is 7.05 Å². The summed E-state index contributed by atoms with van der Waals surface area (Å²) in [5.74, 6) is 1.21. The molecule has 0 bridgehead atoms. The molecule has 154 valence electrons. The lowest BCUT2D eigenvalue weighted by molar-refractivity contribution is -0.140. The van der Waals surface area contributed by atoms with E-state index in [4.69, 9.17) is 4.52 Å². The Morgan fingerprint density at radius 2 is 1.76 bits per heavy atom. The zero-order valence-electron chi connectivity index (χ0n) is 16.0. The maximum Gasteiger partial charge on any atom is 0.435 e. The van der Waals surface area contributed by atoms with Gasteiger partial charge in [0, 0.05) is 29.4 Å². The monoisotopic (exact) mass is 405 g/mol. The molecule has 0 amide bonds. The second-order valence-electron chi connectivity index (χ2n) is 6.87. The van der Waals surface area contributed by atoms with E-state index >= 15 is 0 Å². The highest BCUT2D eigenvalue weighted by molar-refractivity contribution is 5.97. The summed E-state index contributed by atoms with van der Waals surface area (Å²) in [6.45, 7) is 6.95. The van der Waals surface area contributed by atoms with Crippen molar-refractivity contribution in [2.75, 3.05) is 0 Å². The van der Waals surface area contributed by atoms with Gasteiger partial charge in [-0.1, -0.05) is 12.6 Å². The summed E-state index contributed by atoms with van der Waals surface area (Å²) < 4.78 is 47.6. The molecule has 0 saturated heterocycles. The standard InChI is InChI=1S/C19H18F3N5O.CH4/c1-8-15(10(3)28-26-8)12-6-13(17-14(7-12)23-11(4)24-17)16-9(2)27(5)25-18(16)19(20,21)22;/h6-7H,1-5H3,(H,23,24);1H4. The van der Waals surface area contributed by atoms with Crippen LogP contribution < -0.4 is 0 Å². The normalized spacial score (nSPS) is 11.9. The van der Waals surface area contributed by atoms with Crippen LogP contribution in [-0.4, -0.2) is 24.9 Å². The third-order valence-electron chi connectivity index (χ3n) is 4.90. The number of imidazole rings is 1. The van der Waals surface area contributed by atoms with Gasteiger partial charge in [-0.15, -0.1) is 0 Å². The molecule has 0 spiro atoms. The maximum absolute atomic E-state index is 13.7. The molecule has 0 aliphatic carbocycles. The van der Waals surface area contributed by atoms with E-state index in [0.29, 0.717) is 45.1 Å². The first-order valence-electron chi connectivity index (χ1n) is 8.62. The minimum Gasteiger partial charge on any atom is -0.361 e. The molecule has 3 heterocycles. The van der Waals surface area contributed by atoms with Crippen molar-refractivity contribution in [1.29, 1.82) is 0 Å². The predicted octanol–water partition coefficient (Wildman–Crippen LogP) is 5.51. The number of alkyl halides is 3. The highest BCUT2D eigenvalue weighted by atomic mass is 19.4. The van der Waals surface area contributed by atoms with Gasteiger partial charge >= 0.3 is 6.18 Å². The second kappa shape index (κ2) is 6.75. The Balaban J connectivity index is 0.00000240. The molecule has 6 nitrogen and oxygen atoms in total. The zero-order chi connectivity index (χ0) is 20.4. The Kier molecular flexibility index (Phi) is 4.80. The maximum atomic E-state index is 13.7. The van der Waals surface area contributed by atoms with E-state index in [1.807, 2.05) is 6.07 Å². The van der Waals surface area contributed by atoms with Gasteiger partial charge in [-0.05, 0) is 45.4 Å². The summed E-state index contributed by atoms with van der Waals surface area (Å²) in [6, 6.07) is 3.55. The summed E-state index contributed by atoms with van der Waals surface area (Å²) in [5, 5.41) is 7.68. The number of aromatic nitrogens is 5. The van der Waals surface area contributed by atoms with E-state index in [9.17, 15) is 13.2 Å².